The van der Waals surface area contributed by atoms with Crippen LogP contribution in [-0.4, -0.2) is 84.0 Å². The van der Waals surface area contributed by atoms with Crippen molar-refractivity contribution in [2.45, 2.75) is 84.6 Å². The Hall–Kier alpha value is -5.74. The Kier molecular flexibility index (Phi) is 16.5. The lowest BCUT2D eigenvalue weighted by Crippen LogP contribution is -2.55. The summed E-state index contributed by atoms with van der Waals surface area (Å²) < 4.78 is 15.4. The number of ether oxygens (including phenoxy) is 3. The van der Waals surface area contributed by atoms with Crippen molar-refractivity contribution in [3.8, 4) is 5.75 Å². The SMILES string of the molecule is CC(C)[C@H](NC(=O)CCCC(=O)N(C)C)C(=O)N[C@@H](CCNC(=O)OC(C)(C)C)C(=O)Nc1ccc(COC(=O)Oc2ccc([N+](=O)[O-])cc2)cc1. The molecule has 5 amide bonds. The molecule has 2 atom stereocenters. The summed E-state index contributed by atoms with van der Waals surface area (Å²) in [6, 6.07) is 9.03. The molecular formula is C35H48N6O11. The molecule has 4 N–H and O–H groups in total. The first kappa shape index (κ1) is 42.4. The first-order valence-electron chi connectivity index (χ1n) is 16.6. The standard InChI is InChI=1S/C35H48N6O11/c1-22(2)30(39-28(42)9-8-10-29(43)40(6)7)32(45)38-27(19-20-36-33(46)52-35(3,4)5)31(44)37-24-13-11-23(12-14-24)21-50-34(47)51-26-17-15-25(16-18-26)41(48)49/h11-18,22,27,30H,8-10,19-21H2,1-7H3,(H,36,46)(H,37,44)(H,38,45)(H,39,42)/t27-,30-/m0/s1. The third-order valence-corrected chi connectivity index (χ3v) is 7.12. The van der Waals surface area contributed by atoms with Crippen LogP contribution in [0.25, 0.3) is 0 Å². The molecule has 0 aromatic heterocycles. The second-order valence-corrected chi connectivity index (χ2v) is 13.3. The molecule has 0 fully saturated rings. The molecule has 0 heterocycles. The van der Waals surface area contributed by atoms with E-state index in [1.54, 1.807) is 73.0 Å². The van der Waals surface area contributed by atoms with E-state index in [4.69, 9.17) is 14.2 Å². The van der Waals surface area contributed by atoms with Gasteiger partial charge in [-0.05, 0) is 69.4 Å². The Morgan fingerprint density at radius 3 is 2.08 bits per heavy atom. The number of carbonyl (C=O) groups excluding carboxylic acids is 6. The van der Waals surface area contributed by atoms with Gasteiger partial charge in [-0.25, -0.2) is 9.59 Å². The van der Waals surface area contributed by atoms with Crippen molar-refractivity contribution in [3.63, 3.8) is 0 Å². The maximum atomic E-state index is 13.4. The third kappa shape index (κ3) is 15.9. The van der Waals surface area contributed by atoms with E-state index in [1.165, 1.54) is 29.2 Å². The summed E-state index contributed by atoms with van der Waals surface area (Å²) in [5.41, 5.74) is -0.0125. The molecule has 284 valence electrons. The fraction of sp³-hybridized carbons (Fsp3) is 0.486. The number of alkyl carbamates (subject to hydrolysis) is 1. The van der Waals surface area contributed by atoms with E-state index in [2.05, 4.69) is 21.3 Å². The largest absolute Gasteiger partial charge is 0.514 e. The topological polar surface area (TPSA) is 225 Å². The normalized spacial score (nSPS) is 12.1. The minimum atomic E-state index is -1.14. The van der Waals surface area contributed by atoms with Gasteiger partial charge in [0.25, 0.3) is 5.69 Å². The van der Waals surface area contributed by atoms with Gasteiger partial charge < -0.3 is 40.4 Å². The highest BCUT2D eigenvalue weighted by Crippen LogP contribution is 2.18. The number of non-ortho nitro benzene ring substituents is 1. The van der Waals surface area contributed by atoms with Crippen LogP contribution < -0.4 is 26.0 Å². The maximum absolute atomic E-state index is 13.4. The average Bonchev–Trinajstić information content (AvgIpc) is 3.05. The summed E-state index contributed by atoms with van der Waals surface area (Å²) in [5.74, 6) is -2.05. The zero-order valence-electron chi connectivity index (χ0n) is 30.5. The Labute approximate surface area is 302 Å². The van der Waals surface area contributed by atoms with Crippen LogP contribution in [0.3, 0.4) is 0 Å². The van der Waals surface area contributed by atoms with Crippen LogP contribution in [0.1, 0.15) is 65.9 Å². The molecule has 0 saturated heterocycles. The average molecular weight is 729 g/mol. The molecule has 2 aromatic rings. The van der Waals surface area contributed by atoms with Crippen molar-refractivity contribution >= 4 is 47.3 Å². The highest BCUT2D eigenvalue weighted by atomic mass is 16.7. The van der Waals surface area contributed by atoms with Crippen molar-refractivity contribution in [1.82, 2.24) is 20.9 Å². The van der Waals surface area contributed by atoms with Gasteiger partial charge in [0.15, 0.2) is 0 Å². The second kappa shape index (κ2) is 20.2. The number of carbonyl (C=O) groups is 6. The lowest BCUT2D eigenvalue weighted by Gasteiger charge is -2.26. The van der Waals surface area contributed by atoms with Crippen LogP contribution in [-0.2, 0) is 35.3 Å². The number of anilines is 1. The third-order valence-electron chi connectivity index (χ3n) is 7.12. The van der Waals surface area contributed by atoms with Crippen molar-refractivity contribution in [2.24, 2.45) is 5.92 Å². The van der Waals surface area contributed by atoms with Crippen molar-refractivity contribution in [1.29, 1.82) is 0 Å². The van der Waals surface area contributed by atoms with E-state index in [0.717, 1.165) is 0 Å². The smallest absolute Gasteiger partial charge is 0.444 e. The number of amides is 5. The molecule has 17 nitrogen and oxygen atoms in total. The fourth-order valence-electron chi connectivity index (χ4n) is 4.38. The van der Waals surface area contributed by atoms with Gasteiger partial charge in [0, 0.05) is 51.3 Å². The van der Waals surface area contributed by atoms with Crippen LogP contribution >= 0.6 is 0 Å². The molecule has 0 saturated carbocycles. The molecule has 52 heavy (non-hydrogen) atoms. The first-order chi connectivity index (χ1) is 24.3. The van der Waals surface area contributed by atoms with Gasteiger partial charge >= 0.3 is 12.2 Å². The Morgan fingerprint density at radius 1 is 0.885 bits per heavy atom. The minimum absolute atomic E-state index is 0.0228. The van der Waals surface area contributed by atoms with Crippen molar-refractivity contribution in [2.75, 3.05) is 26.0 Å². The number of hydrogen-bond acceptors (Lipinski definition) is 11. The number of rotatable bonds is 17. The Balaban J connectivity index is 2.05. The molecular weight excluding hydrogens is 680 g/mol. The molecule has 0 aliphatic rings. The lowest BCUT2D eigenvalue weighted by molar-refractivity contribution is -0.384. The van der Waals surface area contributed by atoms with Gasteiger partial charge in [-0.3, -0.25) is 29.3 Å². The highest BCUT2D eigenvalue weighted by molar-refractivity contribution is 5.98. The maximum Gasteiger partial charge on any atom is 0.514 e. The molecule has 0 spiro atoms. The van der Waals surface area contributed by atoms with E-state index < -0.39 is 52.6 Å². The van der Waals surface area contributed by atoms with E-state index in [1.807, 2.05) is 0 Å². The molecule has 0 radical (unpaired) electrons. The first-order valence-corrected chi connectivity index (χ1v) is 16.6. The van der Waals surface area contributed by atoms with Gasteiger partial charge in [-0.1, -0.05) is 26.0 Å². The van der Waals surface area contributed by atoms with E-state index in [-0.39, 0.29) is 55.7 Å². The number of hydrogen-bond donors (Lipinski definition) is 4. The predicted molar refractivity (Wildman–Crippen MR) is 189 cm³/mol. The molecule has 17 heteroatoms. The number of nitrogens with zero attached hydrogens (tertiary/aromatic N) is 2. The van der Waals surface area contributed by atoms with E-state index in [0.29, 0.717) is 17.7 Å². The summed E-state index contributed by atoms with van der Waals surface area (Å²) >= 11 is 0. The summed E-state index contributed by atoms with van der Waals surface area (Å²) in [6.45, 7) is 8.37. The van der Waals surface area contributed by atoms with Crippen molar-refractivity contribution < 1.29 is 47.9 Å². The van der Waals surface area contributed by atoms with Gasteiger partial charge in [-0.15, -0.1) is 0 Å². The number of nitrogens with one attached hydrogen (secondary N) is 4. The quantitative estimate of drug-likeness (QED) is 0.0787. The van der Waals surface area contributed by atoms with Gasteiger partial charge in [-0.2, -0.15) is 0 Å². The molecule has 0 unspecified atom stereocenters. The van der Waals surface area contributed by atoms with Crippen LogP contribution in [0.2, 0.25) is 0 Å². The molecule has 0 aliphatic carbocycles. The van der Waals surface area contributed by atoms with Crippen LogP contribution in [0.5, 0.6) is 5.75 Å². The molecule has 2 aromatic carbocycles. The van der Waals surface area contributed by atoms with Gasteiger partial charge in [0.1, 0.15) is 30.0 Å². The van der Waals surface area contributed by atoms with Crippen LogP contribution in [0.15, 0.2) is 48.5 Å². The molecule has 0 aliphatic heterocycles. The lowest BCUT2D eigenvalue weighted by atomic mass is 10.0. The predicted octanol–water partition coefficient (Wildman–Crippen LogP) is 4.05. The van der Waals surface area contributed by atoms with Crippen LogP contribution in [0, 0.1) is 16.0 Å². The van der Waals surface area contributed by atoms with Gasteiger partial charge in [0.05, 0.1) is 4.92 Å². The van der Waals surface area contributed by atoms with Crippen LogP contribution in [0.4, 0.5) is 21.0 Å². The zero-order valence-corrected chi connectivity index (χ0v) is 30.5. The Morgan fingerprint density at radius 2 is 1.52 bits per heavy atom. The fourth-order valence-corrected chi connectivity index (χ4v) is 4.38. The minimum Gasteiger partial charge on any atom is -0.444 e. The molecule has 0 bridgehead atoms. The second-order valence-electron chi connectivity index (χ2n) is 13.3. The summed E-state index contributed by atoms with van der Waals surface area (Å²) in [7, 11) is 3.24. The summed E-state index contributed by atoms with van der Waals surface area (Å²) in [6.07, 6.45) is -1.25. The number of benzene rings is 2. The summed E-state index contributed by atoms with van der Waals surface area (Å²) in [5, 5.41) is 21.4. The monoisotopic (exact) mass is 728 g/mol. The highest BCUT2D eigenvalue weighted by Gasteiger charge is 2.29. The Bertz CT molecular complexity index is 1550. The van der Waals surface area contributed by atoms with E-state index in [9.17, 15) is 38.9 Å². The molecule has 2 rings (SSSR count). The van der Waals surface area contributed by atoms with Crippen molar-refractivity contribution in [3.05, 3.63) is 64.2 Å². The number of nitro benzene ring substituents is 1. The summed E-state index contributed by atoms with van der Waals surface area (Å²) in [4.78, 5) is 87.3. The number of nitro groups is 1. The van der Waals surface area contributed by atoms with Gasteiger partial charge in [0.2, 0.25) is 23.6 Å². The zero-order chi connectivity index (χ0) is 39.0. The van der Waals surface area contributed by atoms with E-state index >= 15 is 0 Å².